The van der Waals surface area contributed by atoms with Crippen LogP contribution in [-0.2, 0) is 0 Å². The Morgan fingerprint density at radius 2 is 0.609 bits per heavy atom. The van der Waals surface area contributed by atoms with Crippen molar-refractivity contribution in [1.29, 1.82) is 0 Å². The van der Waals surface area contributed by atoms with E-state index in [0.717, 1.165) is 41.5 Å². The summed E-state index contributed by atoms with van der Waals surface area (Å²) in [4.78, 5) is 15.8. The van der Waals surface area contributed by atoms with E-state index in [-0.39, 0.29) is 39.4 Å². The number of rotatable bonds is 11. The molecule has 6 heteroatoms. The minimum Gasteiger partial charge on any atom is -0.278 e. The van der Waals surface area contributed by atoms with Crippen LogP contribution in [0.1, 0.15) is 11.0 Å². The van der Waals surface area contributed by atoms with Gasteiger partial charge in [0.1, 0.15) is 0 Å². The molecular formula is C63H46N4Si2. The first-order valence-electron chi connectivity index (χ1n) is 26.9. The molecule has 0 aliphatic carbocycles. The van der Waals surface area contributed by atoms with Crippen molar-refractivity contribution in [3.8, 4) is 28.7 Å². The molecule has 2 heterocycles. The lowest BCUT2D eigenvalue weighted by atomic mass is 10.2. The summed E-state index contributed by atoms with van der Waals surface area (Å²) in [5, 5.41) is 8.89. The molecule has 0 fully saturated rings. The SMILES string of the molecule is [2H]c1c([2H])c([2H])c2c(c1[2H])c1c([2H])c([2H])c([2H])c([2H])c1n2-c1nc(-c2ccccc2)nc(-c2cc([Si](c3ccccc3)(c3ccccc3)c3ccccc3)cc([Si](c3ccccc3)(c3ccccc3)c3ccccc3)c2)n1. The summed E-state index contributed by atoms with van der Waals surface area (Å²) in [5.41, 5.74) is 1.09. The van der Waals surface area contributed by atoms with Crippen molar-refractivity contribution >= 4 is 79.4 Å². The number of nitrogens with zero attached hydrogens (tertiary/aromatic N) is 4. The average molecular weight is 923 g/mol. The smallest absolute Gasteiger partial charge is 0.238 e. The first kappa shape index (κ1) is 33.8. The van der Waals surface area contributed by atoms with Crippen LogP contribution in [0.4, 0.5) is 0 Å². The molecule has 0 radical (unpaired) electrons. The molecule has 0 aliphatic rings. The van der Waals surface area contributed by atoms with Gasteiger partial charge in [0, 0.05) is 21.9 Å². The van der Waals surface area contributed by atoms with Crippen molar-refractivity contribution in [1.82, 2.24) is 19.5 Å². The Hall–Kier alpha value is -8.56. The van der Waals surface area contributed by atoms with E-state index in [1.54, 1.807) is 0 Å². The number of benzene rings is 10. The number of para-hydroxylation sites is 2. The summed E-state index contributed by atoms with van der Waals surface area (Å²) in [5.74, 6) is 0.388. The maximum absolute atomic E-state index is 9.43. The van der Waals surface area contributed by atoms with E-state index in [1.165, 1.54) is 4.57 Å². The van der Waals surface area contributed by atoms with E-state index in [2.05, 4.69) is 164 Å². The van der Waals surface area contributed by atoms with Crippen LogP contribution in [-0.4, -0.2) is 35.7 Å². The number of aromatic nitrogens is 4. The Labute approximate surface area is 415 Å². The van der Waals surface area contributed by atoms with Crippen LogP contribution in [0, 0.1) is 0 Å². The van der Waals surface area contributed by atoms with Crippen LogP contribution in [0.5, 0.6) is 0 Å². The first-order chi connectivity index (χ1) is 37.5. The zero-order chi connectivity index (χ0) is 53.0. The van der Waals surface area contributed by atoms with Gasteiger partial charge in [-0.25, -0.2) is 4.98 Å². The normalized spacial score (nSPS) is 13.4. The number of fused-ring (bicyclic) bond motifs is 3. The molecule has 0 amide bonds. The fourth-order valence-corrected chi connectivity index (χ4v) is 20.0. The van der Waals surface area contributed by atoms with Crippen molar-refractivity contribution in [2.45, 2.75) is 0 Å². The van der Waals surface area contributed by atoms with Gasteiger partial charge in [0.05, 0.1) is 22.0 Å². The first-order valence-corrected chi connectivity index (χ1v) is 26.9. The van der Waals surface area contributed by atoms with Gasteiger partial charge in [0.25, 0.3) is 0 Å². The van der Waals surface area contributed by atoms with Gasteiger partial charge >= 0.3 is 0 Å². The minimum absolute atomic E-state index is 0.0701. The molecule has 12 rings (SSSR count). The highest BCUT2D eigenvalue weighted by atomic mass is 28.3. The molecule has 0 unspecified atom stereocenters. The lowest BCUT2D eigenvalue weighted by Gasteiger charge is -2.38. The Morgan fingerprint density at radius 1 is 0.304 bits per heavy atom. The molecule has 10 aromatic carbocycles. The maximum Gasteiger partial charge on any atom is 0.238 e. The van der Waals surface area contributed by atoms with Gasteiger partial charge in [0.15, 0.2) is 27.8 Å². The van der Waals surface area contributed by atoms with E-state index >= 15 is 0 Å². The molecular weight excluding hydrogens is 869 g/mol. The Balaban J connectivity index is 1.30. The molecule has 2 aromatic heterocycles. The zero-order valence-electron chi connectivity index (χ0n) is 45.2. The molecule has 4 nitrogen and oxygen atoms in total. The molecule has 12 aromatic rings. The van der Waals surface area contributed by atoms with Crippen molar-refractivity contribution in [2.75, 3.05) is 0 Å². The molecule has 0 saturated heterocycles. The standard InChI is InChI=1S/C63H46N4Si2/c1-8-26-47(27-9-1)61-64-62(66-63(65-61)67-59-42-24-22-40-57(59)58-41-23-25-43-60(58)67)48-44-55(68(49-28-10-2-11-29-49,50-30-12-3-13-31-50)51-32-14-4-15-33-51)46-56(45-48)69(52-34-16-5-17-35-52,53-36-18-6-19-37-53)54-38-20-7-21-39-54/h1-46H/i22D,23D,24D,25D,40D,41D,42D,43D. The van der Waals surface area contributed by atoms with Crippen LogP contribution < -0.4 is 41.5 Å². The van der Waals surface area contributed by atoms with E-state index in [1.807, 2.05) is 66.7 Å². The molecule has 0 spiro atoms. The fraction of sp³-hybridized carbons (Fsp3) is 0. The molecule has 0 atom stereocenters. The highest BCUT2D eigenvalue weighted by Crippen LogP contribution is 2.32. The van der Waals surface area contributed by atoms with E-state index in [4.69, 9.17) is 20.4 Å². The van der Waals surface area contributed by atoms with Gasteiger partial charge in [-0.15, -0.1) is 0 Å². The summed E-state index contributed by atoms with van der Waals surface area (Å²) >= 11 is 0. The lowest BCUT2D eigenvalue weighted by molar-refractivity contribution is 0.953. The summed E-state index contributed by atoms with van der Waals surface area (Å²) < 4.78 is 74.0. The van der Waals surface area contributed by atoms with Crippen molar-refractivity contribution in [3.05, 3.63) is 279 Å². The second-order valence-corrected chi connectivity index (χ2v) is 24.5. The molecule has 69 heavy (non-hydrogen) atoms. The number of hydrogen-bond donors (Lipinski definition) is 0. The Kier molecular flexibility index (Phi) is 8.79. The molecule has 0 aliphatic heterocycles. The summed E-state index contributed by atoms with van der Waals surface area (Å²) in [6.07, 6.45) is 0. The van der Waals surface area contributed by atoms with Gasteiger partial charge < -0.3 is 0 Å². The van der Waals surface area contributed by atoms with Crippen LogP contribution in [0.25, 0.3) is 50.5 Å². The topological polar surface area (TPSA) is 43.6 Å². The lowest BCUT2D eigenvalue weighted by Crippen LogP contribution is -2.78. The van der Waals surface area contributed by atoms with E-state index in [0.29, 0.717) is 11.1 Å². The Bertz CT molecular complexity index is 3760. The third-order valence-corrected chi connectivity index (χ3v) is 22.7. The predicted molar refractivity (Wildman–Crippen MR) is 292 cm³/mol. The van der Waals surface area contributed by atoms with Gasteiger partial charge in [-0.3, -0.25) is 4.57 Å². The van der Waals surface area contributed by atoms with E-state index < -0.39 is 64.5 Å². The minimum atomic E-state index is -3.37. The summed E-state index contributed by atoms with van der Waals surface area (Å²) in [6.45, 7) is 0. The van der Waals surface area contributed by atoms with Gasteiger partial charge in [0.2, 0.25) is 5.95 Å². The van der Waals surface area contributed by atoms with E-state index in [9.17, 15) is 5.48 Å². The maximum atomic E-state index is 9.43. The molecule has 0 saturated carbocycles. The summed E-state index contributed by atoms with van der Waals surface area (Å²) in [7, 11) is -6.74. The van der Waals surface area contributed by atoms with Crippen molar-refractivity contribution in [2.24, 2.45) is 0 Å². The highest BCUT2D eigenvalue weighted by Gasteiger charge is 2.46. The van der Waals surface area contributed by atoms with Crippen LogP contribution in [0.15, 0.2) is 279 Å². The Morgan fingerprint density at radius 3 is 0.957 bits per heavy atom. The summed E-state index contributed by atoms with van der Waals surface area (Å²) in [6, 6.07) is 76.6. The second-order valence-electron chi connectivity index (χ2n) is 16.9. The van der Waals surface area contributed by atoms with Gasteiger partial charge in [-0.1, -0.05) is 267 Å². The van der Waals surface area contributed by atoms with Crippen LogP contribution >= 0.6 is 0 Å². The van der Waals surface area contributed by atoms with Gasteiger partial charge in [-0.2, -0.15) is 9.97 Å². The fourth-order valence-electron chi connectivity index (χ4n) is 10.2. The second kappa shape index (κ2) is 17.9. The molecule has 0 bridgehead atoms. The average Bonchev–Trinajstić information content (AvgIpc) is 4.15. The largest absolute Gasteiger partial charge is 0.278 e. The zero-order valence-corrected chi connectivity index (χ0v) is 39.2. The van der Waals surface area contributed by atoms with Crippen molar-refractivity contribution in [3.63, 3.8) is 0 Å². The van der Waals surface area contributed by atoms with Crippen LogP contribution in [0.2, 0.25) is 0 Å². The third-order valence-electron chi connectivity index (χ3n) is 13.2. The monoisotopic (exact) mass is 922 g/mol. The van der Waals surface area contributed by atoms with Crippen molar-refractivity contribution < 1.29 is 11.0 Å². The quantitative estimate of drug-likeness (QED) is 0.0962. The highest BCUT2D eigenvalue weighted by molar-refractivity contribution is 7.22. The molecule has 326 valence electrons. The molecule has 0 N–H and O–H groups in total. The predicted octanol–water partition coefficient (Wildman–Crippen LogP) is 9.06. The third kappa shape index (κ3) is 7.17. The number of hydrogen-bond acceptors (Lipinski definition) is 3. The van der Waals surface area contributed by atoms with Crippen LogP contribution in [0.3, 0.4) is 0 Å². The van der Waals surface area contributed by atoms with Gasteiger partial charge in [-0.05, 0) is 53.6 Å².